The van der Waals surface area contributed by atoms with Crippen LogP contribution < -0.4 is 5.32 Å². The SMILES string of the molecule is FC(F)(F)c1ccc(Nc2ncnc3cc(-c4ccccc4C(F)(F)F)cnc23)cc1. The van der Waals surface area contributed by atoms with Gasteiger partial charge in [0.15, 0.2) is 5.82 Å². The summed E-state index contributed by atoms with van der Waals surface area (Å²) >= 11 is 0. The molecule has 0 fully saturated rings. The molecule has 2 aromatic carbocycles. The fraction of sp³-hybridized carbons (Fsp3) is 0.0952. The second-order valence-electron chi connectivity index (χ2n) is 6.56. The van der Waals surface area contributed by atoms with Gasteiger partial charge in [-0.1, -0.05) is 18.2 Å². The van der Waals surface area contributed by atoms with Gasteiger partial charge in [0.25, 0.3) is 0 Å². The number of alkyl halides is 6. The third-order valence-corrected chi connectivity index (χ3v) is 4.49. The fourth-order valence-corrected chi connectivity index (χ4v) is 3.04. The summed E-state index contributed by atoms with van der Waals surface area (Å²) in [5, 5.41) is 2.86. The van der Waals surface area contributed by atoms with Crippen molar-refractivity contribution in [3.8, 4) is 11.1 Å². The zero-order valence-corrected chi connectivity index (χ0v) is 15.5. The quantitative estimate of drug-likeness (QED) is 0.376. The molecule has 1 N–H and O–H groups in total. The third kappa shape index (κ3) is 4.27. The van der Waals surface area contributed by atoms with Crippen LogP contribution in [0.3, 0.4) is 0 Å². The molecule has 4 rings (SSSR count). The van der Waals surface area contributed by atoms with Crippen LogP contribution in [0.25, 0.3) is 22.2 Å². The lowest BCUT2D eigenvalue weighted by molar-refractivity contribution is -0.138. The van der Waals surface area contributed by atoms with Gasteiger partial charge in [-0.25, -0.2) is 9.97 Å². The Morgan fingerprint density at radius 1 is 0.742 bits per heavy atom. The largest absolute Gasteiger partial charge is 0.417 e. The summed E-state index contributed by atoms with van der Waals surface area (Å²) in [5.41, 5.74) is -0.541. The van der Waals surface area contributed by atoms with Crippen molar-refractivity contribution in [2.24, 2.45) is 0 Å². The molecule has 2 aromatic heterocycles. The number of rotatable bonds is 3. The summed E-state index contributed by atoms with van der Waals surface area (Å²) in [6, 6.07) is 10.9. The highest BCUT2D eigenvalue weighted by molar-refractivity contribution is 5.89. The standard InChI is InChI=1S/C21H12F6N4/c22-20(23,24)13-5-7-14(8-6-13)31-19-18-17(29-11-30-19)9-12(10-28-18)15-3-1-2-4-16(15)21(25,26)27/h1-11H,(H,29,30,31). The maximum Gasteiger partial charge on any atom is 0.417 e. The second kappa shape index (κ2) is 7.53. The van der Waals surface area contributed by atoms with Crippen molar-refractivity contribution in [1.82, 2.24) is 15.0 Å². The molecule has 4 nitrogen and oxygen atoms in total. The van der Waals surface area contributed by atoms with Gasteiger partial charge in [0.1, 0.15) is 11.8 Å². The van der Waals surface area contributed by atoms with Crippen LogP contribution in [0.15, 0.2) is 67.1 Å². The topological polar surface area (TPSA) is 50.7 Å². The van der Waals surface area contributed by atoms with Crippen molar-refractivity contribution in [2.75, 3.05) is 5.32 Å². The van der Waals surface area contributed by atoms with E-state index in [1.807, 2.05) is 0 Å². The highest BCUT2D eigenvalue weighted by atomic mass is 19.4. The van der Waals surface area contributed by atoms with Crippen LogP contribution in [0.1, 0.15) is 11.1 Å². The van der Waals surface area contributed by atoms with E-state index in [2.05, 4.69) is 20.3 Å². The van der Waals surface area contributed by atoms with Crippen molar-refractivity contribution < 1.29 is 26.3 Å². The number of hydrogen-bond acceptors (Lipinski definition) is 4. The van der Waals surface area contributed by atoms with E-state index in [1.54, 1.807) is 0 Å². The van der Waals surface area contributed by atoms with Gasteiger partial charge >= 0.3 is 12.4 Å². The number of nitrogens with zero attached hydrogens (tertiary/aromatic N) is 3. The zero-order valence-electron chi connectivity index (χ0n) is 15.5. The molecule has 0 aliphatic heterocycles. The maximum absolute atomic E-state index is 13.3. The van der Waals surface area contributed by atoms with Gasteiger partial charge in [-0.15, -0.1) is 0 Å². The molecule has 0 atom stereocenters. The van der Waals surface area contributed by atoms with Crippen LogP contribution in [0.4, 0.5) is 37.8 Å². The minimum atomic E-state index is -4.54. The molecule has 0 spiro atoms. The number of nitrogens with one attached hydrogen (secondary N) is 1. The highest BCUT2D eigenvalue weighted by Crippen LogP contribution is 2.37. The Balaban J connectivity index is 1.70. The van der Waals surface area contributed by atoms with Crippen LogP contribution in [0.2, 0.25) is 0 Å². The maximum atomic E-state index is 13.3. The molecule has 0 aliphatic carbocycles. The third-order valence-electron chi connectivity index (χ3n) is 4.49. The normalized spacial score (nSPS) is 12.2. The number of halogens is 6. The average Bonchev–Trinajstić information content (AvgIpc) is 2.73. The van der Waals surface area contributed by atoms with Crippen LogP contribution in [0, 0.1) is 0 Å². The second-order valence-corrected chi connectivity index (χ2v) is 6.56. The van der Waals surface area contributed by atoms with Gasteiger partial charge in [-0.2, -0.15) is 26.3 Å². The highest BCUT2D eigenvalue weighted by Gasteiger charge is 2.33. The molecule has 2 heterocycles. The smallest absolute Gasteiger partial charge is 0.338 e. The van der Waals surface area contributed by atoms with Crippen LogP contribution >= 0.6 is 0 Å². The molecule has 158 valence electrons. The van der Waals surface area contributed by atoms with E-state index in [-0.39, 0.29) is 28.0 Å². The molecule has 0 saturated carbocycles. The molecular weight excluding hydrogens is 422 g/mol. The molecule has 0 aliphatic rings. The van der Waals surface area contributed by atoms with Crippen molar-refractivity contribution in [3.63, 3.8) is 0 Å². The van der Waals surface area contributed by atoms with E-state index in [1.165, 1.54) is 48.9 Å². The lowest BCUT2D eigenvalue weighted by atomic mass is 10.0. The van der Waals surface area contributed by atoms with Crippen molar-refractivity contribution in [1.29, 1.82) is 0 Å². The summed E-state index contributed by atoms with van der Waals surface area (Å²) in [6.45, 7) is 0. The summed E-state index contributed by atoms with van der Waals surface area (Å²) in [4.78, 5) is 12.3. The van der Waals surface area contributed by atoms with Crippen LogP contribution in [0.5, 0.6) is 0 Å². The first-order valence-electron chi connectivity index (χ1n) is 8.84. The molecule has 4 aromatic rings. The first-order valence-corrected chi connectivity index (χ1v) is 8.84. The Kier molecular flexibility index (Phi) is 5.00. The molecule has 0 bridgehead atoms. The average molecular weight is 434 g/mol. The summed E-state index contributed by atoms with van der Waals surface area (Å²) in [5.74, 6) is 0.209. The Hall–Kier alpha value is -3.69. The Morgan fingerprint density at radius 2 is 1.45 bits per heavy atom. The summed E-state index contributed by atoms with van der Waals surface area (Å²) in [6.07, 6.45) is -6.53. The minimum absolute atomic E-state index is 0.0414. The summed E-state index contributed by atoms with van der Waals surface area (Å²) < 4.78 is 78.1. The number of hydrogen-bond donors (Lipinski definition) is 1. The zero-order chi connectivity index (χ0) is 22.2. The summed E-state index contributed by atoms with van der Waals surface area (Å²) in [7, 11) is 0. The van der Waals surface area contributed by atoms with Crippen molar-refractivity contribution in [2.45, 2.75) is 12.4 Å². The Morgan fingerprint density at radius 3 is 2.13 bits per heavy atom. The number of fused-ring (bicyclic) bond motifs is 1. The number of benzene rings is 2. The van der Waals surface area contributed by atoms with E-state index < -0.39 is 23.5 Å². The fourth-order valence-electron chi connectivity index (χ4n) is 3.04. The number of anilines is 2. The molecule has 0 saturated heterocycles. The molecule has 31 heavy (non-hydrogen) atoms. The lowest BCUT2D eigenvalue weighted by Gasteiger charge is -2.13. The van der Waals surface area contributed by atoms with Crippen molar-refractivity contribution in [3.05, 3.63) is 78.2 Å². The van der Waals surface area contributed by atoms with Gasteiger partial charge < -0.3 is 5.32 Å². The molecule has 10 heteroatoms. The molecule has 0 amide bonds. The molecular formula is C21H12F6N4. The van der Waals surface area contributed by atoms with E-state index in [9.17, 15) is 26.3 Å². The number of pyridine rings is 1. The van der Waals surface area contributed by atoms with E-state index in [0.29, 0.717) is 5.69 Å². The van der Waals surface area contributed by atoms with Crippen LogP contribution in [-0.4, -0.2) is 15.0 Å². The predicted octanol–water partition coefficient (Wildman–Crippen LogP) is 6.47. The van der Waals surface area contributed by atoms with Gasteiger partial charge in [0, 0.05) is 17.4 Å². The Bertz CT molecular complexity index is 1230. The molecule has 0 radical (unpaired) electrons. The van der Waals surface area contributed by atoms with E-state index >= 15 is 0 Å². The molecule has 0 unspecified atom stereocenters. The predicted molar refractivity (Wildman–Crippen MR) is 102 cm³/mol. The van der Waals surface area contributed by atoms with Gasteiger partial charge in [0.05, 0.1) is 16.6 Å². The minimum Gasteiger partial charge on any atom is -0.338 e. The van der Waals surface area contributed by atoms with E-state index in [0.717, 1.165) is 18.2 Å². The van der Waals surface area contributed by atoms with Gasteiger partial charge in [-0.05, 0) is 42.0 Å². The number of aromatic nitrogens is 3. The Labute approximate surface area is 171 Å². The van der Waals surface area contributed by atoms with Gasteiger partial charge in [-0.3, -0.25) is 4.98 Å². The monoisotopic (exact) mass is 434 g/mol. The van der Waals surface area contributed by atoms with Gasteiger partial charge in [0.2, 0.25) is 0 Å². The lowest BCUT2D eigenvalue weighted by Crippen LogP contribution is -2.07. The van der Waals surface area contributed by atoms with Crippen molar-refractivity contribution >= 4 is 22.5 Å². The first-order chi connectivity index (χ1) is 14.6. The first kappa shape index (κ1) is 20.6. The van der Waals surface area contributed by atoms with Crippen LogP contribution in [-0.2, 0) is 12.4 Å². The van der Waals surface area contributed by atoms with E-state index in [4.69, 9.17) is 0 Å².